The predicted molar refractivity (Wildman–Crippen MR) is 84.6 cm³/mol. The summed E-state index contributed by atoms with van der Waals surface area (Å²) in [6.45, 7) is -2.77. The number of alkyl halides is 2. The van der Waals surface area contributed by atoms with Gasteiger partial charge in [0.05, 0.1) is 13.0 Å². The van der Waals surface area contributed by atoms with E-state index in [2.05, 4.69) is 4.74 Å². The molecule has 1 saturated carbocycles. The molecule has 0 radical (unpaired) electrons. The number of ether oxygens (including phenoxy) is 2. The standard InChI is InChI=1S/C17H21F2NO5/c1-20(15(21)11-4-5-12(8-11)16(22)23)9-10-3-6-13(24-2)14(7-10)25-17(18)19/h3,6-7,11-12,17H,4-5,8-9H2,1-2H3,(H,22,23)/t11-,12+/m1/s1. The molecule has 0 saturated heterocycles. The molecule has 0 bridgehead atoms. The number of aliphatic carboxylic acids is 1. The predicted octanol–water partition coefficient (Wildman–Crippen LogP) is 2.76. The van der Waals surface area contributed by atoms with Crippen molar-refractivity contribution in [2.45, 2.75) is 32.4 Å². The molecule has 2 rings (SSSR count). The first kappa shape index (κ1) is 19.0. The van der Waals surface area contributed by atoms with Gasteiger partial charge in [-0.1, -0.05) is 6.07 Å². The van der Waals surface area contributed by atoms with E-state index in [1.807, 2.05) is 0 Å². The van der Waals surface area contributed by atoms with Crippen LogP contribution in [0.5, 0.6) is 11.5 Å². The largest absolute Gasteiger partial charge is 0.493 e. The zero-order chi connectivity index (χ0) is 18.6. The SMILES string of the molecule is COc1ccc(CN(C)C(=O)[C@@H]2CC[C@H](C(=O)O)C2)cc1OC(F)F. The van der Waals surface area contributed by atoms with Crippen LogP contribution in [0, 0.1) is 11.8 Å². The van der Waals surface area contributed by atoms with Gasteiger partial charge in [0, 0.05) is 19.5 Å². The van der Waals surface area contributed by atoms with Crippen molar-refractivity contribution in [1.29, 1.82) is 0 Å². The molecule has 1 aliphatic carbocycles. The second-order valence-corrected chi connectivity index (χ2v) is 6.10. The highest BCUT2D eigenvalue weighted by Crippen LogP contribution is 2.33. The Bertz CT molecular complexity index is 637. The highest BCUT2D eigenvalue weighted by molar-refractivity contribution is 5.80. The molecule has 1 N–H and O–H groups in total. The van der Waals surface area contributed by atoms with Crippen LogP contribution in [-0.4, -0.2) is 42.7 Å². The average Bonchev–Trinajstić information content (AvgIpc) is 3.04. The Hall–Kier alpha value is -2.38. The molecular weight excluding hydrogens is 336 g/mol. The van der Waals surface area contributed by atoms with Gasteiger partial charge in [-0.2, -0.15) is 8.78 Å². The van der Waals surface area contributed by atoms with Crippen molar-refractivity contribution in [1.82, 2.24) is 4.90 Å². The van der Waals surface area contributed by atoms with Gasteiger partial charge >= 0.3 is 12.6 Å². The molecule has 1 fully saturated rings. The Morgan fingerprint density at radius 3 is 2.52 bits per heavy atom. The van der Waals surface area contributed by atoms with E-state index in [-0.39, 0.29) is 29.9 Å². The van der Waals surface area contributed by atoms with E-state index in [0.717, 1.165) is 0 Å². The summed E-state index contributed by atoms with van der Waals surface area (Å²) in [5.74, 6) is -1.73. The van der Waals surface area contributed by atoms with Gasteiger partial charge in [0.15, 0.2) is 11.5 Å². The maximum atomic E-state index is 12.5. The van der Waals surface area contributed by atoms with Gasteiger partial charge in [0.25, 0.3) is 0 Å². The van der Waals surface area contributed by atoms with Crippen LogP contribution < -0.4 is 9.47 Å². The van der Waals surface area contributed by atoms with Gasteiger partial charge in [0.2, 0.25) is 5.91 Å². The first-order chi connectivity index (χ1) is 11.8. The van der Waals surface area contributed by atoms with E-state index >= 15 is 0 Å². The lowest BCUT2D eigenvalue weighted by Gasteiger charge is -2.22. The number of carboxylic acid groups (broad SMARTS) is 1. The molecule has 0 aliphatic heterocycles. The van der Waals surface area contributed by atoms with Gasteiger partial charge in [-0.15, -0.1) is 0 Å². The van der Waals surface area contributed by atoms with Crippen LogP contribution in [0.4, 0.5) is 8.78 Å². The molecule has 0 spiro atoms. The normalized spacial score (nSPS) is 19.7. The van der Waals surface area contributed by atoms with E-state index in [1.54, 1.807) is 13.1 Å². The van der Waals surface area contributed by atoms with Crippen LogP contribution in [0.25, 0.3) is 0 Å². The maximum absolute atomic E-state index is 12.5. The third-order valence-electron chi connectivity index (χ3n) is 4.37. The van der Waals surface area contributed by atoms with Crippen LogP contribution >= 0.6 is 0 Å². The number of nitrogens with zero attached hydrogens (tertiary/aromatic N) is 1. The monoisotopic (exact) mass is 357 g/mol. The van der Waals surface area contributed by atoms with Crippen molar-refractivity contribution in [3.05, 3.63) is 23.8 Å². The van der Waals surface area contributed by atoms with Crippen molar-refractivity contribution < 1.29 is 33.0 Å². The first-order valence-corrected chi connectivity index (χ1v) is 7.91. The van der Waals surface area contributed by atoms with Gasteiger partial charge in [0.1, 0.15) is 0 Å². The Morgan fingerprint density at radius 2 is 1.96 bits per heavy atom. The number of hydrogen-bond acceptors (Lipinski definition) is 4. The number of benzene rings is 1. The van der Waals surface area contributed by atoms with Crippen LogP contribution in [0.1, 0.15) is 24.8 Å². The minimum absolute atomic E-state index is 0.0948. The molecule has 0 aromatic heterocycles. The van der Waals surface area contributed by atoms with Crippen LogP contribution in [0.2, 0.25) is 0 Å². The molecule has 138 valence electrons. The zero-order valence-corrected chi connectivity index (χ0v) is 14.1. The van der Waals surface area contributed by atoms with Gasteiger partial charge in [-0.05, 0) is 37.0 Å². The molecule has 8 heteroatoms. The number of hydrogen-bond donors (Lipinski definition) is 1. The fraction of sp³-hybridized carbons (Fsp3) is 0.529. The number of halogens is 2. The smallest absolute Gasteiger partial charge is 0.387 e. The number of carboxylic acids is 1. The number of amides is 1. The lowest BCUT2D eigenvalue weighted by molar-refractivity contribution is -0.141. The summed E-state index contributed by atoms with van der Waals surface area (Å²) in [5.41, 5.74) is 0.611. The quantitative estimate of drug-likeness (QED) is 0.812. The average molecular weight is 357 g/mol. The summed E-state index contributed by atoms with van der Waals surface area (Å²) in [5, 5.41) is 9.03. The van der Waals surface area contributed by atoms with E-state index in [1.165, 1.54) is 24.1 Å². The molecule has 1 aliphatic rings. The van der Waals surface area contributed by atoms with Crippen LogP contribution in [0.15, 0.2) is 18.2 Å². The molecule has 0 heterocycles. The summed E-state index contributed by atoms with van der Waals surface area (Å²) < 4.78 is 34.4. The van der Waals surface area contributed by atoms with E-state index in [0.29, 0.717) is 24.8 Å². The zero-order valence-electron chi connectivity index (χ0n) is 14.1. The molecule has 25 heavy (non-hydrogen) atoms. The lowest BCUT2D eigenvalue weighted by Crippen LogP contribution is -2.31. The summed E-state index contributed by atoms with van der Waals surface area (Å²) >= 11 is 0. The Morgan fingerprint density at radius 1 is 1.28 bits per heavy atom. The number of carbonyl (C=O) groups excluding carboxylic acids is 1. The highest BCUT2D eigenvalue weighted by Gasteiger charge is 2.35. The Kier molecular flexibility index (Phi) is 6.17. The van der Waals surface area contributed by atoms with Crippen molar-refractivity contribution >= 4 is 11.9 Å². The number of rotatable bonds is 7. The Labute approximate surface area is 144 Å². The summed E-state index contributed by atoms with van der Waals surface area (Å²) in [6.07, 6.45) is 1.37. The van der Waals surface area contributed by atoms with Gasteiger partial charge in [-0.3, -0.25) is 9.59 Å². The van der Waals surface area contributed by atoms with Crippen LogP contribution in [-0.2, 0) is 16.1 Å². The van der Waals surface area contributed by atoms with E-state index in [9.17, 15) is 18.4 Å². The minimum Gasteiger partial charge on any atom is -0.493 e. The van der Waals surface area contributed by atoms with Crippen molar-refractivity contribution in [2.24, 2.45) is 11.8 Å². The number of methoxy groups -OCH3 is 1. The summed E-state index contributed by atoms with van der Waals surface area (Å²) in [7, 11) is 2.95. The van der Waals surface area contributed by atoms with Crippen LogP contribution in [0.3, 0.4) is 0 Å². The number of carbonyl (C=O) groups is 2. The van der Waals surface area contributed by atoms with Crippen molar-refractivity contribution in [2.75, 3.05) is 14.2 Å². The van der Waals surface area contributed by atoms with E-state index < -0.39 is 18.5 Å². The molecule has 1 amide bonds. The van der Waals surface area contributed by atoms with Gasteiger partial charge < -0.3 is 19.5 Å². The highest BCUT2D eigenvalue weighted by atomic mass is 19.3. The third-order valence-corrected chi connectivity index (χ3v) is 4.37. The fourth-order valence-electron chi connectivity index (χ4n) is 3.10. The third kappa shape index (κ3) is 4.80. The lowest BCUT2D eigenvalue weighted by atomic mass is 10.0. The molecule has 1 aromatic rings. The second-order valence-electron chi connectivity index (χ2n) is 6.10. The second kappa shape index (κ2) is 8.13. The fourth-order valence-corrected chi connectivity index (χ4v) is 3.10. The summed E-state index contributed by atoms with van der Waals surface area (Å²) in [6, 6.07) is 4.57. The minimum atomic E-state index is -2.98. The topological polar surface area (TPSA) is 76.1 Å². The van der Waals surface area contributed by atoms with Gasteiger partial charge in [-0.25, -0.2) is 0 Å². The summed E-state index contributed by atoms with van der Waals surface area (Å²) in [4.78, 5) is 24.9. The first-order valence-electron chi connectivity index (χ1n) is 7.91. The molecule has 0 unspecified atom stereocenters. The van der Waals surface area contributed by atoms with E-state index in [4.69, 9.17) is 9.84 Å². The molecule has 1 aromatic carbocycles. The maximum Gasteiger partial charge on any atom is 0.387 e. The molecule has 6 nitrogen and oxygen atoms in total. The molecule has 2 atom stereocenters. The van der Waals surface area contributed by atoms with Crippen molar-refractivity contribution in [3.63, 3.8) is 0 Å². The Balaban J connectivity index is 2.03. The van der Waals surface area contributed by atoms with Crippen molar-refractivity contribution in [3.8, 4) is 11.5 Å². The molecular formula is C17H21F2NO5.